The predicted octanol–water partition coefficient (Wildman–Crippen LogP) is 3.07. The topological polar surface area (TPSA) is 43.4 Å². The summed E-state index contributed by atoms with van der Waals surface area (Å²) in [5.41, 5.74) is 2.33. The number of carbonyl (C=O) groups excluding carboxylic acids is 2. The van der Waals surface area contributed by atoms with Gasteiger partial charge in [-0.25, -0.2) is 0 Å². The van der Waals surface area contributed by atoms with Crippen molar-refractivity contribution in [3.05, 3.63) is 29.3 Å². The molecule has 1 unspecified atom stereocenters. The van der Waals surface area contributed by atoms with Crippen LogP contribution in [0.4, 0.5) is 0 Å². The van der Waals surface area contributed by atoms with Gasteiger partial charge in [0.25, 0.3) is 0 Å². The maximum atomic E-state index is 11.5. The highest BCUT2D eigenvalue weighted by molar-refractivity contribution is 9.09. The number of alkyl halides is 1. The number of ketones is 1. The molecule has 19 heavy (non-hydrogen) atoms. The maximum absolute atomic E-state index is 11.5. The zero-order chi connectivity index (χ0) is 13.8. The second kappa shape index (κ2) is 6.33. The number of hydrogen-bond acceptors (Lipinski definition) is 3. The molecule has 0 radical (unpaired) electrons. The lowest BCUT2D eigenvalue weighted by atomic mass is 9.81. The van der Waals surface area contributed by atoms with Crippen molar-refractivity contribution >= 4 is 27.7 Å². The number of carbonyl (C=O) groups is 2. The molecule has 0 N–H and O–H groups in total. The summed E-state index contributed by atoms with van der Waals surface area (Å²) < 4.78 is 5.24. The van der Waals surface area contributed by atoms with E-state index in [9.17, 15) is 9.59 Å². The van der Waals surface area contributed by atoms with Crippen LogP contribution in [0.1, 0.15) is 30.9 Å². The molecule has 4 heteroatoms. The highest BCUT2D eigenvalue weighted by Gasteiger charge is 2.23. The predicted molar refractivity (Wildman–Crippen MR) is 76.7 cm³/mol. The van der Waals surface area contributed by atoms with E-state index < -0.39 is 0 Å². The lowest BCUT2D eigenvalue weighted by Crippen LogP contribution is -2.19. The van der Waals surface area contributed by atoms with Gasteiger partial charge in [0.05, 0.1) is 5.33 Å². The van der Waals surface area contributed by atoms with Gasteiger partial charge < -0.3 is 4.74 Å². The number of hydrogen-bond donors (Lipinski definition) is 0. The summed E-state index contributed by atoms with van der Waals surface area (Å²) in [6, 6.07) is 5.81. The van der Waals surface area contributed by atoms with E-state index in [1.165, 1.54) is 12.5 Å². The summed E-state index contributed by atoms with van der Waals surface area (Å²) in [5.74, 6) is 1.05. The molecule has 0 bridgehead atoms. The lowest BCUT2D eigenvalue weighted by molar-refractivity contribution is -0.131. The first kappa shape index (κ1) is 14.3. The summed E-state index contributed by atoms with van der Waals surface area (Å²) >= 11 is 3.21. The van der Waals surface area contributed by atoms with Gasteiger partial charge in [-0.15, -0.1) is 0 Å². The minimum absolute atomic E-state index is 0.254. The summed E-state index contributed by atoms with van der Waals surface area (Å²) in [6.07, 6.45) is 3.37. The summed E-state index contributed by atoms with van der Waals surface area (Å²) in [7, 11) is 0. The van der Waals surface area contributed by atoms with Gasteiger partial charge in [-0.2, -0.15) is 0 Å². The molecule has 1 atom stereocenters. The van der Waals surface area contributed by atoms with Crippen molar-refractivity contribution in [3.8, 4) is 5.75 Å². The first-order valence-corrected chi connectivity index (χ1v) is 7.59. The zero-order valence-corrected chi connectivity index (χ0v) is 12.5. The van der Waals surface area contributed by atoms with E-state index in [2.05, 4.69) is 22.0 Å². The van der Waals surface area contributed by atoms with Crippen LogP contribution < -0.4 is 4.74 Å². The maximum Gasteiger partial charge on any atom is 0.308 e. The van der Waals surface area contributed by atoms with Crippen molar-refractivity contribution in [2.24, 2.45) is 5.92 Å². The van der Waals surface area contributed by atoms with Crippen molar-refractivity contribution in [3.63, 3.8) is 0 Å². The smallest absolute Gasteiger partial charge is 0.308 e. The standard InChI is InChI=1S/C15H17BrO3/c1-10(17)19-15-4-2-3-12-7-11(5-6-14(12)15)8-13(18)9-16/h2-4,11H,5-9H2,1H3. The molecule has 0 saturated carbocycles. The molecule has 0 saturated heterocycles. The zero-order valence-electron chi connectivity index (χ0n) is 10.9. The molecule has 0 spiro atoms. The van der Waals surface area contributed by atoms with E-state index in [1.807, 2.05) is 12.1 Å². The average Bonchev–Trinajstić information content (AvgIpc) is 2.38. The SMILES string of the molecule is CC(=O)Oc1cccc2c1CCC(CC(=O)CBr)C2. The van der Waals surface area contributed by atoms with Crippen LogP contribution >= 0.6 is 15.9 Å². The van der Waals surface area contributed by atoms with E-state index in [-0.39, 0.29) is 11.8 Å². The number of halogens is 1. The normalized spacial score (nSPS) is 17.7. The van der Waals surface area contributed by atoms with Gasteiger partial charge >= 0.3 is 5.97 Å². The van der Waals surface area contributed by atoms with Gasteiger partial charge in [-0.1, -0.05) is 28.1 Å². The molecule has 3 nitrogen and oxygen atoms in total. The van der Waals surface area contributed by atoms with Crippen molar-refractivity contribution < 1.29 is 14.3 Å². The van der Waals surface area contributed by atoms with Gasteiger partial charge in [-0.3, -0.25) is 9.59 Å². The summed E-state index contributed by atoms with van der Waals surface area (Å²) in [5, 5.41) is 0.434. The molecule has 0 amide bonds. The molecule has 1 aliphatic rings. The Morgan fingerprint density at radius 3 is 2.89 bits per heavy atom. The quantitative estimate of drug-likeness (QED) is 0.485. The molecule has 0 heterocycles. The Kier molecular flexibility index (Phi) is 4.75. The number of esters is 1. The number of fused-ring (bicyclic) bond motifs is 1. The van der Waals surface area contributed by atoms with Crippen LogP contribution in [0.15, 0.2) is 18.2 Å². The minimum Gasteiger partial charge on any atom is -0.426 e. The van der Waals surface area contributed by atoms with Crippen molar-refractivity contribution in [1.29, 1.82) is 0 Å². The van der Waals surface area contributed by atoms with Crippen LogP contribution in [-0.2, 0) is 22.4 Å². The van der Waals surface area contributed by atoms with E-state index >= 15 is 0 Å². The Bertz CT molecular complexity index is 496. The van der Waals surface area contributed by atoms with Crippen molar-refractivity contribution in [2.75, 3.05) is 5.33 Å². The van der Waals surface area contributed by atoms with E-state index in [0.717, 1.165) is 24.8 Å². The summed E-state index contributed by atoms with van der Waals surface area (Å²) in [4.78, 5) is 22.6. The first-order valence-electron chi connectivity index (χ1n) is 6.47. The Morgan fingerprint density at radius 2 is 2.21 bits per heavy atom. The number of benzene rings is 1. The second-order valence-corrected chi connectivity index (χ2v) is 5.53. The third-order valence-electron chi connectivity index (χ3n) is 3.46. The number of rotatable bonds is 4. The van der Waals surface area contributed by atoms with E-state index in [1.54, 1.807) is 0 Å². The molecular formula is C15H17BrO3. The highest BCUT2D eigenvalue weighted by atomic mass is 79.9. The van der Waals surface area contributed by atoms with Crippen LogP contribution in [0.2, 0.25) is 0 Å². The van der Waals surface area contributed by atoms with Gasteiger partial charge in [-0.05, 0) is 42.4 Å². The molecule has 0 aromatic heterocycles. The van der Waals surface area contributed by atoms with Crippen LogP contribution in [0, 0.1) is 5.92 Å². The molecule has 1 aromatic rings. The van der Waals surface area contributed by atoms with Gasteiger partial charge in [0.1, 0.15) is 11.5 Å². The van der Waals surface area contributed by atoms with Crippen molar-refractivity contribution in [1.82, 2.24) is 0 Å². The molecular weight excluding hydrogens is 308 g/mol. The molecule has 102 valence electrons. The van der Waals surface area contributed by atoms with Crippen LogP contribution in [0.5, 0.6) is 5.75 Å². The monoisotopic (exact) mass is 324 g/mol. The molecule has 1 aromatic carbocycles. The number of ether oxygens (including phenoxy) is 1. The van der Waals surface area contributed by atoms with Crippen LogP contribution in [0.3, 0.4) is 0 Å². The minimum atomic E-state index is -0.287. The van der Waals surface area contributed by atoms with E-state index in [4.69, 9.17) is 4.74 Å². The fourth-order valence-corrected chi connectivity index (χ4v) is 2.88. The third-order valence-corrected chi connectivity index (χ3v) is 4.09. The summed E-state index contributed by atoms with van der Waals surface area (Å²) in [6.45, 7) is 1.42. The molecule has 0 aliphatic heterocycles. The largest absolute Gasteiger partial charge is 0.426 e. The third kappa shape index (κ3) is 3.66. The van der Waals surface area contributed by atoms with Gasteiger partial charge in [0.2, 0.25) is 0 Å². The Hall–Kier alpha value is -1.16. The van der Waals surface area contributed by atoms with Gasteiger partial charge in [0.15, 0.2) is 0 Å². The number of Topliss-reactive ketones (excluding diaryl/α,β-unsaturated/α-hetero) is 1. The van der Waals surface area contributed by atoms with Crippen LogP contribution in [0.25, 0.3) is 0 Å². The fourth-order valence-electron chi connectivity index (χ4n) is 2.65. The Morgan fingerprint density at radius 1 is 1.42 bits per heavy atom. The first-order chi connectivity index (χ1) is 9.10. The van der Waals surface area contributed by atoms with Crippen LogP contribution in [-0.4, -0.2) is 17.1 Å². The highest BCUT2D eigenvalue weighted by Crippen LogP contribution is 2.33. The molecule has 0 fully saturated rings. The fraction of sp³-hybridized carbons (Fsp3) is 0.467. The van der Waals surface area contributed by atoms with Crippen molar-refractivity contribution in [2.45, 2.75) is 32.6 Å². The molecule has 2 rings (SSSR count). The Balaban J connectivity index is 2.13. The van der Waals surface area contributed by atoms with Gasteiger partial charge in [0, 0.05) is 13.3 Å². The second-order valence-electron chi connectivity index (χ2n) is 4.97. The lowest BCUT2D eigenvalue weighted by Gasteiger charge is -2.25. The average molecular weight is 325 g/mol. The van der Waals surface area contributed by atoms with E-state index in [0.29, 0.717) is 23.4 Å². The Labute approximate surface area is 121 Å². The molecule has 1 aliphatic carbocycles.